The third-order valence-electron chi connectivity index (χ3n) is 1.47. The van der Waals surface area contributed by atoms with Gasteiger partial charge in [-0.2, -0.15) is 17.6 Å². The molecule has 0 aromatic carbocycles. The summed E-state index contributed by atoms with van der Waals surface area (Å²) in [5, 5.41) is -10.00. The van der Waals surface area contributed by atoms with E-state index in [1.54, 1.807) is 0 Å². The molecule has 0 aliphatic carbocycles. The number of ether oxygens (including phenoxy) is 2. The van der Waals surface area contributed by atoms with Gasteiger partial charge >= 0.3 is 81.6 Å². The molecule has 18 heteroatoms. The molecule has 0 fully saturated rings. The van der Waals surface area contributed by atoms with E-state index in [0.717, 1.165) is 0 Å². The normalized spacial score (nSPS) is 11.7. The first-order valence-corrected chi connectivity index (χ1v) is 7.11. The number of carbonyl (C=O) groups is 2. The van der Waals surface area contributed by atoms with Crippen molar-refractivity contribution in [3.05, 3.63) is 0 Å². The van der Waals surface area contributed by atoms with Crippen molar-refractivity contribution in [2.24, 2.45) is 0 Å². The van der Waals surface area contributed by atoms with Gasteiger partial charge in [-0.1, -0.05) is 0 Å². The van der Waals surface area contributed by atoms with Crippen molar-refractivity contribution in [1.82, 2.24) is 0 Å². The van der Waals surface area contributed by atoms with E-state index in [0.29, 0.717) is 14.2 Å². The number of hydrogen-bond acceptors (Lipinski definition) is 10. The summed E-state index contributed by atoms with van der Waals surface area (Å²) in [5.41, 5.74) is 0. The Labute approximate surface area is 177 Å². The van der Waals surface area contributed by atoms with E-state index in [2.05, 4.69) is 9.47 Å². The maximum atomic E-state index is 11.9. The van der Waals surface area contributed by atoms with Gasteiger partial charge in [0.2, 0.25) is 0 Å². The summed E-state index contributed by atoms with van der Waals surface area (Å²) in [6.07, 6.45) is 0. The van der Waals surface area contributed by atoms with Crippen LogP contribution in [0.1, 0.15) is 0 Å². The van der Waals surface area contributed by atoms with E-state index in [4.69, 9.17) is 0 Å². The van der Waals surface area contributed by atoms with Gasteiger partial charge < -0.3 is 18.6 Å². The fraction of sp³-hybridized carbons (Fsp3) is 0.667. The molecule has 0 saturated carbocycles. The van der Waals surface area contributed by atoms with Crippen LogP contribution in [0.15, 0.2) is 0 Å². The first-order chi connectivity index (χ1) is 9.46. The Bertz CT molecular complexity index is 576. The molecule has 132 valence electrons. The van der Waals surface area contributed by atoms with Crippen molar-refractivity contribution in [3.8, 4) is 0 Å². The Kier molecular flexibility index (Phi) is 15.1. The first-order valence-electron chi connectivity index (χ1n) is 4.30. The minimum atomic E-state index is -5.97. The zero-order chi connectivity index (χ0) is 18.6. The fourth-order valence-electron chi connectivity index (χ4n) is 0.442. The smallest absolute Gasteiger partial charge is 0.743 e. The van der Waals surface area contributed by atoms with E-state index in [-0.39, 0.29) is 59.1 Å². The van der Waals surface area contributed by atoms with Crippen LogP contribution >= 0.6 is 0 Å². The predicted molar refractivity (Wildman–Crippen MR) is 53.3 cm³/mol. The van der Waals surface area contributed by atoms with Gasteiger partial charge in [0.05, 0.1) is 14.2 Å². The topological polar surface area (TPSA) is 167 Å². The monoisotopic (exact) mass is 424 g/mol. The van der Waals surface area contributed by atoms with Crippen LogP contribution in [0.2, 0.25) is 0 Å². The average molecular weight is 424 g/mol. The molecule has 0 spiro atoms. The molecule has 0 aromatic heterocycles. The molecule has 0 bridgehead atoms. The molecular formula is C6H6F4Na2O10S2. The largest absolute Gasteiger partial charge is 1.00 e. The fourth-order valence-corrected chi connectivity index (χ4v) is 1.02. The molecule has 0 aromatic rings. The van der Waals surface area contributed by atoms with Crippen molar-refractivity contribution < 1.29 is 122 Å². The van der Waals surface area contributed by atoms with Crippen LogP contribution in [0.5, 0.6) is 0 Å². The van der Waals surface area contributed by atoms with Crippen LogP contribution in [0.3, 0.4) is 0 Å². The molecule has 24 heavy (non-hydrogen) atoms. The standard InChI is InChI=1S/2C3H4F2O5S.2Na/c2*1-10-2(6)3(4,5)11(7,8)9;;/h2*1H3,(H,7,8,9);;/q;;2*+1/p-2. The first kappa shape index (κ1) is 32.2. The van der Waals surface area contributed by atoms with Gasteiger partial charge in [-0.15, -0.1) is 0 Å². The van der Waals surface area contributed by atoms with Crippen LogP contribution in [0.4, 0.5) is 17.6 Å². The minimum Gasteiger partial charge on any atom is -0.743 e. The summed E-state index contributed by atoms with van der Waals surface area (Å²) in [5.74, 6) is -4.76. The summed E-state index contributed by atoms with van der Waals surface area (Å²) >= 11 is 0. The van der Waals surface area contributed by atoms with E-state index in [1.165, 1.54) is 0 Å². The van der Waals surface area contributed by atoms with E-state index >= 15 is 0 Å². The Hall–Kier alpha value is 0.480. The number of alkyl halides is 4. The number of carbonyl (C=O) groups excluding carboxylic acids is 2. The quantitative estimate of drug-likeness (QED) is 0.183. The van der Waals surface area contributed by atoms with Crippen LogP contribution in [0, 0.1) is 0 Å². The second kappa shape index (κ2) is 11.2. The third-order valence-corrected chi connectivity index (χ3v) is 3.06. The van der Waals surface area contributed by atoms with Crippen LogP contribution < -0.4 is 59.1 Å². The number of halogens is 4. The Balaban J connectivity index is -0.000000154. The maximum Gasteiger partial charge on any atom is 1.00 e. The maximum absolute atomic E-state index is 11.9. The molecule has 0 amide bonds. The Morgan fingerprint density at radius 1 is 0.750 bits per heavy atom. The summed E-state index contributed by atoms with van der Waals surface area (Å²) in [4.78, 5) is 19.9. The van der Waals surface area contributed by atoms with E-state index in [1.807, 2.05) is 0 Å². The molecule has 0 N–H and O–H groups in total. The van der Waals surface area contributed by atoms with Gasteiger partial charge in [-0.3, -0.25) is 0 Å². The van der Waals surface area contributed by atoms with Gasteiger partial charge in [0.1, 0.15) is 0 Å². The van der Waals surface area contributed by atoms with Gasteiger partial charge in [0.25, 0.3) is 0 Å². The predicted octanol–water partition coefficient (Wildman–Crippen LogP) is -7.40. The minimum absolute atomic E-state index is 0. The summed E-state index contributed by atoms with van der Waals surface area (Å²) in [7, 11) is -10.9. The molecular weight excluding hydrogens is 418 g/mol. The Morgan fingerprint density at radius 2 is 0.917 bits per heavy atom. The molecule has 0 radical (unpaired) electrons. The second-order valence-corrected chi connectivity index (χ2v) is 5.77. The van der Waals surface area contributed by atoms with Crippen LogP contribution in [-0.2, 0) is 39.3 Å². The number of methoxy groups -OCH3 is 2. The summed E-state index contributed by atoms with van der Waals surface area (Å²) in [6.45, 7) is 0. The van der Waals surface area contributed by atoms with E-state index in [9.17, 15) is 53.1 Å². The van der Waals surface area contributed by atoms with Crippen LogP contribution in [-0.4, -0.2) is 62.6 Å². The molecule has 0 saturated heterocycles. The molecule has 0 aliphatic heterocycles. The van der Waals surface area contributed by atoms with Gasteiger partial charge in [0.15, 0.2) is 20.2 Å². The summed E-state index contributed by atoms with van der Waals surface area (Å²) < 4.78 is 112. The van der Waals surface area contributed by atoms with Gasteiger partial charge in [-0.05, 0) is 0 Å². The SMILES string of the molecule is COC(=O)C(F)(F)S(=O)(=O)[O-].COC(=O)C(F)(F)S(=O)(=O)[O-].[Na+].[Na+]. The van der Waals surface area contributed by atoms with Crippen molar-refractivity contribution in [2.45, 2.75) is 10.5 Å². The van der Waals surface area contributed by atoms with Gasteiger partial charge in [-0.25, -0.2) is 26.4 Å². The number of rotatable bonds is 4. The van der Waals surface area contributed by atoms with Crippen molar-refractivity contribution >= 4 is 32.2 Å². The average Bonchev–Trinajstić information content (AvgIpc) is 2.34. The van der Waals surface area contributed by atoms with E-state index < -0.39 is 42.7 Å². The second-order valence-electron chi connectivity index (χ2n) is 2.92. The van der Waals surface area contributed by atoms with Gasteiger partial charge in [0, 0.05) is 0 Å². The zero-order valence-corrected chi connectivity index (χ0v) is 18.0. The van der Waals surface area contributed by atoms with Crippen LogP contribution in [0.25, 0.3) is 0 Å². The third kappa shape index (κ3) is 8.72. The number of esters is 2. The number of hydrogen-bond donors (Lipinski definition) is 0. The van der Waals surface area contributed by atoms with Crippen molar-refractivity contribution in [1.29, 1.82) is 0 Å². The molecule has 10 nitrogen and oxygen atoms in total. The zero-order valence-electron chi connectivity index (χ0n) is 12.4. The molecule has 0 unspecified atom stereocenters. The molecule has 0 rings (SSSR count). The molecule has 0 aliphatic rings. The summed E-state index contributed by atoms with van der Waals surface area (Å²) in [6, 6.07) is 0. The Morgan fingerprint density at radius 3 is 0.958 bits per heavy atom. The van der Waals surface area contributed by atoms with Crippen molar-refractivity contribution in [3.63, 3.8) is 0 Å². The molecule has 0 atom stereocenters. The van der Waals surface area contributed by atoms with Crippen molar-refractivity contribution in [2.75, 3.05) is 14.2 Å². The molecule has 0 heterocycles.